The number of likely N-dealkylation sites (tertiary alicyclic amines) is 1. The van der Waals surface area contributed by atoms with Crippen molar-refractivity contribution in [2.45, 2.75) is 85.6 Å². The zero-order chi connectivity index (χ0) is 24.6. The van der Waals surface area contributed by atoms with Gasteiger partial charge in [0.05, 0.1) is 16.5 Å². The van der Waals surface area contributed by atoms with E-state index < -0.39 is 31.9 Å². The standard InChI is InChI=1S/C22H31F3IN3O3S/c1-14(2)11-16(27)13-20(30)28-10-4-7-19(21(28)26)29(17-8-9-17)33(31,32)18-6-3-5-15(12-18)22(23,24)25/h3,5-6,12,14,16-17,19,21H,4,7-11,13,27H2,1-2H3. The number of sulfonamides is 1. The largest absolute Gasteiger partial charge is 0.416 e. The second kappa shape index (κ2) is 10.4. The highest BCUT2D eigenvalue weighted by Gasteiger charge is 2.48. The number of amides is 1. The number of nitrogens with zero attached hydrogens (tertiary/aromatic N) is 2. The van der Waals surface area contributed by atoms with Crippen LogP contribution in [0.2, 0.25) is 0 Å². The minimum Gasteiger partial charge on any atom is -0.329 e. The van der Waals surface area contributed by atoms with Crippen molar-refractivity contribution in [2.24, 2.45) is 11.7 Å². The lowest BCUT2D eigenvalue weighted by molar-refractivity contribution is -0.137. The van der Waals surface area contributed by atoms with Gasteiger partial charge in [-0.05, 0) is 56.2 Å². The highest BCUT2D eigenvalue weighted by atomic mass is 127. The molecule has 33 heavy (non-hydrogen) atoms. The Morgan fingerprint density at radius 1 is 1.27 bits per heavy atom. The lowest BCUT2D eigenvalue weighted by atomic mass is 10.00. The predicted octanol–water partition coefficient (Wildman–Crippen LogP) is 4.37. The molecule has 1 aliphatic carbocycles. The van der Waals surface area contributed by atoms with Crippen LogP contribution in [0, 0.1) is 5.92 Å². The smallest absolute Gasteiger partial charge is 0.329 e. The highest BCUT2D eigenvalue weighted by molar-refractivity contribution is 14.1. The van der Waals surface area contributed by atoms with Crippen LogP contribution in [0.15, 0.2) is 29.2 Å². The van der Waals surface area contributed by atoms with Crippen molar-refractivity contribution in [3.63, 3.8) is 0 Å². The van der Waals surface area contributed by atoms with Gasteiger partial charge in [-0.1, -0.05) is 42.5 Å². The Labute approximate surface area is 207 Å². The zero-order valence-corrected chi connectivity index (χ0v) is 21.7. The van der Waals surface area contributed by atoms with E-state index in [1.165, 1.54) is 10.4 Å². The quantitative estimate of drug-likeness (QED) is 0.273. The second-order valence-electron chi connectivity index (χ2n) is 9.35. The summed E-state index contributed by atoms with van der Waals surface area (Å²) in [7, 11) is -4.18. The van der Waals surface area contributed by atoms with Gasteiger partial charge in [0.2, 0.25) is 15.9 Å². The number of hydrogen-bond donors (Lipinski definition) is 1. The summed E-state index contributed by atoms with van der Waals surface area (Å²) in [6.45, 7) is 4.59. The van der Waals surface area contributed by atoms with E-state index in [1.807, 2.05) is 13.8 Å². The van der Waals surface area contributed by atoms with Gasteiger partial charge in [0.1, 0.15) is 4.05 Å². The Hall–Kier alpha value is -0.920. The normalized spacial score (nSPS) is 23.2. The van der Waals surface area contributed by atoms with E-state index in [-0.39, 0.29) is 29.3 Å². The van der Waals surface area contributed by atoms with Gasteiger partial charge in [-0.2, -0.15) is 17.5 Å². The molecule has 3 atom stereocenters. The van der Waals surface area contributed by atoms with Crippen molar-refractivity contribution in [3.8, 4) is 0 Å². The molecule has 0 bridgehead atoms. The van der Waals surface area contributed by atoms with Gasteiger partial charge in [0.15, 0.2) is 0 Å². The van der Waals surface area contributed by atoms with E-state index in [0.29, 0.717) is 50.6 Å². The van der Waals surface area contributed by atoms with Crippen molar-refractivity contribution in [1.29, 1.82) is 0 Å². The van der Waals surface area contributed by atoms with E-state index in [2.05, 4.69) is 22.6 Å². The molecule has 0 aromatic heterocycles. The zero-order valence-electron chi connectivity index (χ0n) is 18.8. The van der Waals surface area contributed by atoms with E-state index >= 15 is 0 Å². The van der Waals surface area contributed by atoms with Gasteiger partial charge in [-0.3, -0.25) is 4.79 Å². The van der Waals surface area contributed by atoms with Crippen LogP contribution >= 0.6 is 22.6 Å². The van der Waals surface area contributed by atoms with E-state index in [0.717, 1.165) is 12.1 Å². The molecule has 1 aliphatic heterocycles. The Morgan fingerprint density at radius 2 is 1.94 bits per heavy atom. The van der Waals surface area contributed by atoms with Gasteiger partial charge in [0, 0.05) is 25.0 Å². The Balaban J connectivity index is 1.85. The maximum absolute atomic E-state index is 13.5. The molecule has 186 valence electrons. The Kier molecular flexibility index (Phi) is 8.38. The minimum atomic E-state index is -4.63. The van der Waals surface area contributed by atoms with E-state index in [9.17, 15) is 26.4 Å². The van der Waals surface area contributed by atoms with Crippen LogP contribution < -0.4 is 5.73 Å². The molecule has 3 rings (SSSR count). The summed E-state index contributed by atoms with van der Waals surface area (Å²) in [5.41, 5.74) is 5.13. The number of carbonyl (C=O) groups excluding carboxylic acids is 1. The maximum Gasteiger partial charge on any atom is 0.416 e. The SMILES string of the molecule is CC(C)CC(N)CC(=O)N1CCCC(N(C2CC2)S(=O)(=O)c2cccc(C(F)(F)F)c2)C1I. The molecular weight excluding hydrogens is 570 g/mol. The molecular formula is C22H31F3IN3O3S. The minimum absolute atomic E-state index is 0.112. The summed E-state index contributed by atoms with van der Waals surface area (Å²) in [5, 5.41) is 0. The first kappa shape index (κ1) is 26.7. The fraction of sp³-hybridized carbons (Fsp3) is 0.682. The van der Waals surface area contributed by atoms with Crippen molar-refractivity contribution in [2.75, 3.05) is 6.54 Å². The van der Waals surface area contributed by atoms with Crippen molar-refractivity contribution >= 4 is 38.5 Å². The summed E-state index contributed by atoms with van der Waals surface area (Å²) < 4.78 is 67.7. The third-order valence-electron chi connectivity index (χ3n) is 6.02. The summed E-state index contributed by atoms with van der Waals surface area (Å²) in [6, 6.07) is 2.86. The number of rotatable bonds is 8. The molecule has 0 spiro atoms. The average molecular weight is 601 g/mol. The molecule has 2 N–H and O–H groups in total. The number of piperidine rings is 1. The van der Waals surface area contributed by atoms with E-state index in [1.54, 1.807) is 4.90 Å². The molecule has 11 heteroatoms. The molecule has 1 saturated carbocycles. The van der Waals surface area contributed by atoms with Crippen LogP contribution in [0.3, 0.4) is 0 Å². The summed E-state index contributed by atoms with van der Waals surface area (Å²) in [6.07, 6.45) is -1.25. The lowest BCUT2D eigenvalue weighted by Gasteiger charge is -2.43. The summed E-state index contributed by atoms with van der Waals surface area (Å²) >= 11 is 2.10. The molecule has 1 aromatic carbocycles. The van der Waals surface area contributed by atoms with Crippen LogP contribution in [-0.4, -0.2) is 52.2 Å². The highest BCUT2D eigenvalue weighted by Crippen LogP contribution is 2.40. The first-order valence-corrected chi connectivity index (χ1v) is 13.9. The van der Waals surface area contributed by atoms with Crippen molar-refractivity contribution in [3.05, 3.63) is 29.8 Å². The second-order valence-corrected chi connectivity index (χ2v) is 12.5. The Morgan fingerprint density at radius 3 is 2.52 bits per heavy atom. The predicted molar refractivity (Wildman–Crippen MR) is 128 cm³/mol. The van der Waals surface area contributed by atoms with Crippen LogP contribution in [0.5, 0.6) is 0 Å². The molecule has 6 nitrogen and oxygen atoms in total. The van der Waals surface area contributed by atoms with Crippen LogP contribution in [0.1, 0.15) is 57.9 Å². The first-order chi connectivity index (χ1) is 15.3. The number of halogens is 4. The fourth-order valence-corrected chi connectivity index (χ4v) is 7.87. The topological polar surface area (TPSA) is 83.7 Å². The number of carbonyl (C=O) groups is 1. The number of alkyl halides is 4. The van der Waals surface area contributed by atoms with Crippen LogP contribution in [0.4, 0.5) is 13.2 Å². The van der Waals surface area contributed by atoms with Gasteiger partial charge in [-0.25, -0.2) is 8.42 Å². The molecule has 0 radical (unpaired) electrons. The number of nitrogens with two attached hydrogens (primary N) is 1. The lowest BCUT2D eigenvalue weighted by Crippen LogP contribution is -2.56. The van der Waals surface area contributed by atoms with Gasteiger partial charge >= 0.3 is 6.18 Å². The van der Waals surface area contributed by atoms with Gasteiger partial charge in [-0.15, -0.1) is 0 Å². The molecule has 1 amide bonds. The van der Waals surface area contributed by atoms with Crippen LogP contribution in [0.25, 0.3) is 0 Å². The summed E-state index contributed by atoms with van der Waals surface area (Å²) in [4.78, 5) is 14.3. The summed E-state index contributed by atoms with van der Waals surface area (Å²) in [5.74, 6) is 0.250. The maximum atomic E-state index is 13.5. The van der Waals surface area contributed by atoms with Gasteiger partial charge in [0.25, 0.3) is 0 Å². The van der Waals surface area contributed by atoms with Crippen LogP contribution in [-0.2, 0) is 21.0 Å². The molecule has 2 aliphatic rings. The Bertz CT molecular complexity index is 954. The fourth-order valence-electron chi connectivity index (χ4n) is 4.41. The average Bonchev–Trinajstić information content (AvgIpc) is 3.53. The van der Waals surface area contributed by atoms with Crippen molar-refractivity contribution < 1.29 is 26.4 Å². The number of benzene rings is 1. The van der Waals surface area contributed by atoms with Gasteiger partial charge < -0.3 is 10.6 Å². The molecule has 2 fully saturated rings. The molecule has 1 saturated heterocycles. The van der Waals surface area contributed by atoms with E-state index in [4.69, 9.17) is 5.73 Å². The molecule has 3 unspecified atom stereocenters. The monoisotopic (exact) mass is 601 g/mol. The first-order valence-electron chi connectivity index (χ1n) is 11.2. The molecule has 1 aromatic rings. The third-order valence-corrected chi connectivity index (χ3v) is 9.49. The molecule has 1 heterocycles. The van der Waals surface area contributed by atoms with Crippen molar-refractivity contribution in [1.82, 2.24) is 9.21 Å². The third kappa shape index (κ3) is 6.40. The number of hydrogen-bond acceptors (Lipinski definition) is 4.